The number of rotatable bonds is 9. The smallest absolute Gasteiger partial charge is 0.135 e. The number of hydrogen-bond acceptors (Lipinski definition) is 3. The molecule has 0 radical (unpaired) electrons. The molecule has 1 rings (SSSR count). The zero-order chi connectivity index (χ0) is 14.1. The van der Waals surface area contributed by atoms with E-state index in [0.29, 0.717) is 11.6 Å². The molecule has 0 saturated carbocycles. The van der Waals surface area contributed by atoms with Crippen LogP contribution < -0.4 is 5.32 Å². The SMILES string of the molecule is CCCCCCNc1ncccc1C(=N)CC(C)C. The summed E-state index contributed by atoms with van der Waals surface area (Å²) in [6, 6.07) is 3.90. The Balaban J connectivity index is 2.55. The fraction of sp³-hybridized carbons (Fsp3) is 0.625. The first kappa shape index (κ1) is 15.7. The summed E-state index contributed by atoms with van der Waals surface area (Å²) in [4.78, 5) is 4.37. The number of nitrogens with zero attached hydrogens (tertiary/aromatic N) is 1. The van der Waals surface area contributed by atoms with Crippen LogP contribution in [0.15, 0.2) is 18.3 Å². The molecule has 0 unspecified atom stereocenters. The van der Waals surface area contributed by atoms with Crippen LogP contribution in [0.25, 0.3) is 0 Å². The summed E-state index contributed by atoms with van der Waals surface area (Å²) in [5.74, 6) is 1.37. The van der Waals surface area contributed by atoms with Crippen molar-refractivity contribution in [1.29, 1.82) is 5.41 Å². The Morgan fingerprint density at radius 1 is 1.32 bits per heavy atom. The highest BCUT2D eigenvalue weighted by Gasteiger charge is 2.09. The molecule has 0 saturated heterocycles. The molecule has 0 aliphatic heterocycles. The van der Waals surface area contributed by atoms with Gasteiger partial charge >= 0.3 is 0 Å². The molecule has 106 valence electrons. The number of nitrogens with one attached hydrogen (secondary N) is 2. The van der Waals surface area contributed by atoms with Crippen molar-refractivity contribution >= 4 is 11.5 Å². The molecule has 1 aromatic rings. The standard InChI is InChI=1S/C16H27N3/c1-4-5-6-7-10-18-16-14(9-8-11-19-16)15(17)12-13(2)3/h8-9,11,13,17H,4-7,10,12H2,1-3H3,(H,18,19). The lowest BCUT2D eigenvalue weighted by molar-refractivity contribution is 0.681. The summed E-state index contributed by atoms with van der Waals surface area (Å²) in [6.45, 7) is 7.45. The summed E-state index contributed by atoms with van der Waals surface area (Å²) < 4.78 is 0. The highest BCUT2D eigenvalue weighted by molar-refractivity contribution is 6.02. The van der Waals surface area contributed by atoms with E-state index in [1.165, 1.54) is 25.7 Å². The van der Waals surface area contributed by atoms with Crippen LogP contribution in [0, 0.1) is 11.3 Å². The highest BCUT2D eigenvalue weighted by Crippen LogP contribution is 2.16. The van der Waals surface area contributed by atoms with Crippen molar-refractivity contribution < 1.29 is 0 Å². The molecule has 0 fully saturated rings. The van der Waals surface area contributed by atoms with E-state index in [1.807, 2.05) is 12.1 Å². The van der Waals surface area contributed by atoms with Crippen LogP contribution in [0.3, 0.4) is 0 Å². The van der Waals surface area contributed by atoms with E-state index in [-0.39, 0.29) is 0 Å². The molecule has 0 aliphatic carbocycles. The number of unbranched alkanes of at least 4 members (excludes halogenated alkanes) is 3. The van der Waals surface area contributed by atoms with Crippen molar-refractivity contribution in [3.05, 3.63) is 23.9 Å². The predicted octanol–water partition coefficient (Wildman–Crippen LogP) is 4.49. The van der Waals surface area contributed by atoms with Crippen molar-refractivity contribution in [3.8, 4) is 0 Å². The van der Waals surface area contributed by atoms with Gasteiger partial charge in [-0.15, -0.1) is 0 Å². The normalized spacial score (nSPS) is 10.7. The Hall–Kier alpha value is -1.38. The number of pyridine rings is 1. The molecule has 0 aliphatic rings. The van der Waals surface area contributed by atoms with Gasteiger partial charge in [0.1, 0.15) is 5.82 Å². The van der Waals surface area contributed by atoms with E-state index in [4.69, 9.17) is 5.41 Å². The van der Waals surface area contributed by atoms with Gasteiger partial charge in [-0.25, -0.2) is 4.98 Å². The Morgan fingerprint density at radius 2 is 2.11 bits per heavy atom. The van der Waals surface area contributed by atoms with E-state index in [9.17, 15) is 0 Å². The van der Waals surface area contributed by atoms with Crippen molar-refractivity contribution in [2.24, 2.45) is 5.92 Å². The Morgan fingerprint density at radius 3 is 2.79 bits per heavy atom. The van der Waals surface area contributed by atoms with Crippen molar-refractivity contribution in [3.63, 3.8) is 0 Å². The summed E-state index contributed by atoms with van der Waals surface area (Å²) >= 11 is 0. The maximum absolute atomic E-state index is 8.17. The summed E-state index contributed by atoms with van der Waals surface area (Å²) in [5.41, 5.74) is 1.63. The van der Waals surface area contributed by atoms with Gasteiger partial charge in [-0.2, -0.15) is 0 Å². The van der Waals surface area contributed by atoms with E-state index >= 15 is 0 Å². The second kappa shape index (κ2) is 8.68. The van der Waals surface area contributed by atoms with Gasteiger partial charge in [-0.05, 0) is 30.9 Å². The van der Waals surface area contributed by atoms with E-state index in [0.717, 1.165) is 24.3 Å². The molecule has 3 nitrogen and oxygen atoms in total. The third-order valence-electron chi connectivity index (χ3n) is 3.07. The topological polar surface area (TPSA) is 48.8 Å². The van der Waals surface area contributed by atoms with E-state index in [1.54, 1.807) is 6.20 Å². The van der Waals surface area contributed by atoms with Gasteiger partial charge < -0.3 is 10.7 Å². The zero-order valence-electron chi connectivity index (χ0n) is 12.5. The number of hydrogen-bond donors (Lipinski definition) is 2. The van der Waals surface area contributed by atoms with Crippen molar-refractivity contribution in [1.82, 2.24) is 4.98 Å². The maximum atomic E-state index is 8.17. The molecule has 1 heterocycles. The minimum Gasteiger partial charge on any atom is -0.370 e. The molecule has 0 bridgehead atoms. The first-order chi connectivity index (χ1) is 9.15. The van der Waals surface area contributed by atoms with E-state index in [2.05, 4.69) is 31.1 Å². The predicted molar refractivity (Wildman–Crippen MR) is 83.2 cm³/mol. The van der Waals surface area contributed by atoms with Crippen LogP contribution in [0.2, 0.25) is 0 Å². The van der Waals surface area contributed by atoms with Crippen LogP contribution in [0.4, 0.5) is 5.82 Å². The Bertz CT molecular complexity index is 385. The summed E-state index contributed by atoms with van der Waals surface area (Å²) in [7, 11) is 0. The van der Waals surface area contributed by atoms with E-state index < -0.39 is 0 Å². The average Bonchev–Trinajstić information content (AvgIpc) is 2.38. The average molecular weight is 261 g/mol. The molecule has 3 heteroatoms. The van der Waals surface area contributed by atoms with Crippen LogP contribution in [-0.4, -0.2) is 17.2 Å². The molecular formula is C16H27N3. The Labute approximate surface area is 117 Å². The minimum atomic E-state index is 0.505. The monoisotopic (exact) mass is 261 g/mol. The maximum Gasteiger partial charge on any atom is 0.135 e. The number of anilines is 1. The van der Waals surface area contributed by atoms with Crippen LogP contribution in [0.1, 0.15) is 58.4 Å². The van der Waals surface area contributed by atoms with Gasteiger partial charge in [0, 0.05) is 24.0 Å². The highest BCUT2D eigenvalue weighted by atomic mass is 15.0. The zero-order valence-corrected chi connectivity index (χ0v) is 12.5. The molecule has 2 N–H and O–H groups in total. The number of aromatic nitrogens is 1. The van der Waals surface area contributed by atoms with Crippen LogP contribution >= 0.6 is 0 Å². The van der Waals surface area contributed by atoms with Gasteiger partial charge in [0.2, 0.25) is 0 Å². The fourth-order valence-corrected chi connectivity index (χ4v) is 2.07. The molecule has 19 heavy (non-hydrogen) atoms. The fourth-order valence-electron chi connectivity index (χ4n) is 2.07. The largest absolute Gasteiger partial charge is 0.370 e. The Kier molecular flexibility index (Phi) is 7.16. The second-order valence-electron chi connectivity index (χ2n) is 5.46. The molecule has 1 aromatic heterocycles. The molecular weight excluding hydrogens is 234 g/mol. The summed E-state index contributed by atoms with van der Waals surface area (Å²) in [6.07, 6.45) is 7.57. The third-order valence-corrected chi connectivity index (χ3v) is 3.07. The first-order valence-corrected chi connectivity index (χ1v) is 7.41. The van der Waals surface area contributed by atoms with Gasteiger partial charge in [-0.1, -0.05) is 40.0 Å². The van der Waals surface area contributed by atoms with Crippen LogP contribution in [0.5, 0.6) is 0 Å². The third kappa shape index (κ3) is 5.86. The molecule has 0 atom stereocenters. The van der Waals surface area contributed by atoms with Crippen LogP contribution in [-0.2, 0) is 0 Å². The lowest BCUT2D eigenvalue weighted by Crippen LogP contribution is -2.11. The minimum absolute atomic E-state index is 0.505. The van der Waals surface area contributed by atoms with Crippen molar-refractivity contribution in [2.45, 2.75) is 52.9 Å². The molecule has 0 spiro atoms. The van der Waals surface area contributed by atoms with Gasteiger partial charge in [0.15, 0.2) is 0 Å². The van der Waals surface area contributed by atoms with Gasteiger partial charge in [-0.3, -0.25) is 0 Å². The van der Waals surface area contributed by atoms with Crippen molar-refractivity contribution in [2.75, 3.05) is 11.9 Å². The van der Waals surface area contributed by atoms with Gasteiger partial charge in [0.05, 0.1) is 0 Å². The summed E-state index contributed by atoms with van der Waals surface area (Å²) in [5, 5.41) is 11.5. The lowest BCUT2D eigenvalue weighted by Gasteiger charge is -2.13. The molecule has 0 amide bonds. The quantitative estimate of drug-likeness (QED) is 0.508. The second-order valence-corrected chi connectivity index (χ2v) is 5.46. The first-order valence-electron chi connectivity index (χ1n) is 7.41. The van der Waals surface area contributed by atoms with Gasteiger partial charge in [0.25, 0.3) is 0 Å². The lowest BCUT2D eigenvalue weighted by atomic mass is 10.0. The molecule has 0 aromatic carbocycles.